The molecule has 0 bridgehead atoms. The molecule has 0 unspecified atom stereocenters. The van der Waals surface area contributed by atoms with Gasteiger partial charge in [0.1, 0.15) is 9.88 Å². The van der Waals surface area contributed by atoms with E-state index in [-0.39, 0.29) is 17.2 Å². The Morgan fingerprint density at radius 3 is 2.57 bits per heavy atom. The third-order valence-electron chi connectivity index (χ3n) is 2.75. The first-order valence-electron chi connectivity index (χ1n) is 6.65. The van der Waals surface area contributed by atoms with Crippen LogP contribution in [0.3, 0.4) is 0 Å². The molecule has 0 aromatic carbocycles. The fraction of sp³-hybridized carbons (Fsp3) is 0.538. The Morgan fingerprint density at radius 1 is 1.38 bits per heavy atom. The molecule has 0 aliphatic heterocycles. The summed E-state index contributed by atoms with van der Waals surface area (Å²) in [5.74, 6) is -0.892. The van der Waals surface area contributed by atoms with Gasteiger partial charge in [-0.15, -0.1) is 11.3 Å². The zero-order valence-electron chi connectivity index (χ0n) is 12.6. The Morgan fingerprint density at radius 2 is 2.05 bits per heavy atom. The van der Waals surface area contributed by atoms with E-state index in [0.29, 0.717) is 29.6 Å². The number of hydrogen-bond donors (Lipinski definition) is 3. The van der Waals surface area contributed by atoms with Crippen LogP contribution in [0.25, 0.3) is 0 Å². The summed E-state index contributed by atoms with van der Waals surface area (Å²) in [5.41, 5.74) is 11.6. The van der Waals surface area contributed by atoms with Crippen LogP contribution in [0.15, 0.2) is 0 Å². The first kappa shape index (κ1) is 17.3. The number of primary amides is 1. The molecule has 0 fully saturated rings. The standard InChI is InChI=1S/C13H22N4O3S/c1-4-20-7-5-6-16-12-8(11(15)18)9(14)10(21-12)13(19)17(2)3/h16H,4-7,14H2,1-3H3,(H2,15,18). The summed E-state index contributed by atoms with van der Waals surface area (Å²) >= 11 is 1.15. The molecule has 0 radical (unpaired) electrons. The van der Waals surface area contributed by atoms with E-state index in [4.69, 9.17) is 16.2 Å². The molecule has 0 spiro atoms. The average Bonchev–Trinajstić information content (AvgIpc) is 2.74. The van der Waals surface area contributed by atoms with E-state index in [1.165, 1.54) is 4.90 Å². The van der Waals surface area contributed by atoms with Gasteiger partial charge in [-0.1, -0.05) is 0 Å². The summed E-state index contributed by atoms with van der Waals surface area (Å²) in [6, 6.07) is 0. The molecule has 7 nitrogen and oxygen atoms in total. The van der Waals surface area contributed by atoms with Crippen molar-refractivity contribution < 1.29 is 14.3 Å². The number of thiophene rings is 1. The maximum atomic E-state index is 12.0. The van der Waals surface area contributed by atoms with Crippen molar-refractivity contribution in [1.82, 2.24) is 4.90 Å². The highest BCUT2D eigenvalue weighted by atomic mass is 32.1. The molecule has 1 aromatic heterocycles. The summed E-state index contributed by atoms with van der Waals surface area (Å²) < 4.78 is 5.23. The number of nitrogens with two attached hydrogens (primary N) is 2. The van der Waals surface area contributed by atoms with Gasteiger partial charge < -0.3 is 26.4 Å². The second-order valence-corrected chi connectivity index (χ2v) is 5.61. The molecule has 1 rings (SSSR count). The number of rotatable bonds is 8. The third kappa shape index (κ3) is 4.33. The van der Waals surface area contributed by atoms with Gasteiger partial charge in [0.2, 0.25) is 0 Å². The SMILES string of the molecule is CCOCCCNc1sc(C(=O)N(C)C)c(N)c1C(N)=O. The second-order valence-electron chi connectivity index (χ2n) is 4.59. The van der Waals surface area contributed by atoms with Crippen LogP contribution in [-0.4, -0.2) is 50.6 Å². The summed E-state index contributed by atoms with van der Waals surface area (Å²) in [6.07, 6.45) is 0.779. The predicted octanol–water partition coefficient (Wildman–Crippen LogP) is 0.970. The molecule has 0 aliphatic carbocycles. The Labute approximate surface area is 128 Å². The number of ether oxygens (including phenoxy) is 1. The Kier molecular flexibility index (Phi) is 6.44. The van der Waals surface area contributed by atoms with E-state index in [1.54, 1.807) is 14.1 Å². The summed E-state index contributed by atoms with van der Waals surface area (Å²) in [4.78, 5) is 25.3. The molecule has 2 amide bonds. The predicted molar refractivity (Wildman–Crippen MR) is 84.9 cm³/mol. The first-order valence-corrected chi connectivity index (χ1v) is 7.47. The van der Waals surface area contributed by atoms with Gasteiger partial charge >= 0.3 is 0 Å². The maximum absolute atomic E-state index is 12.0. The number of carbonyl (C=O) groups excluding carboxylic acids is 2. The van der Waals surface area contributed by atoms with Gasteiger partial charge in [-0.2, -0.15) is 0 Å². The molecule has 8 heteroatoms. The van der Waals surface area contributed by atoms with E-state index < -0.39 is 5.91 Å². The minimum atomic E-state index is -0.645. The highest BCUT2D eigenvalue weighted by Gasteiger charge is 2.24. The number of amides is 2. The lowest BCUT2D eigenvalue weighted by molar-refractivity contribution is 0.0833. The van der Waals surface area contributed by atoms with Crippen molar-refractivity contribution in [2.45, 2.75) is 13.3 Å². The van der Waals surface area contributed by atoms with Gasteiger partial charge in [-0.3, -0.25) is 9.59 Å². The minimum Gasteiger partial charge on any atom is -0.397 e. The van der Waals surface area contributed by atoms with Gasteiger partial charge in [0, 0.05) is 33.9 Å². The Balaban J connectivity index is 2.89. The molecule has 1 aromatic rings. The van der Waals surface area contributed by atoms with Crippen LogP contribution in [0, 0.1) is 0 Å². The number of nitrogen functional groups attached to an aromatic ring is 1. The van der Waals surface area contributed by atoms with E-state index in [9.17, 15) is 9.59 Å². The van der Waals surface area contributed by atoms with Gasteiger partial charge in [-0.05, 0) is 13.3 Å². The lowest BCUT2D eigenvalue weighted by Crippen LogP contribution is -2.22. The number of anilines is 2. The van der Waals surface area contributed by atoms with Gasteiger partial charge in [0.25, 0.3) is 11.8 Å². The molecule has 0 aliphatic rings. The van der Waals surface area contributed by atoms with Crippen LogP contribution in [0.2, 0.25) is 0 Å². The molecule has 0 saturated heterocycles. The fourth-order valence-corrected chi connectivity index (χ4v) is 2.87. The zero-order valence-corrected chi connectivity index (χ0v) is 13.4. The van der Waals surface area contributed by atoms with Crippen molar-refractivity contribution >= 4 is 33.8 Å². The summed E-state index contributed by atoms with van der Waals surface area (Å²) in [5, 5.41) is 3.62. The third-order valence-corrected chi connectivity index (χ3v) is 3.90. The summed E-state index contributed by atoms with van der Waals surface area (Å²) in [7, 11) is 3.25. The molecule has 1 heterocycles. The van der Waals surface area contributed by atoms with Crippen molar-refractivity contribution in [3.05, 3.63) is 10.4 Å². The highest BCUT2D eigenvalue weighted by molar-refractivity contribution is 7.19. The zero-order chi connectivity index (χ0) is 16.0. The highest BCUT2D eigenvalue weighted by Crippen LogP contribution is 2.36. The molecule has 0 atom stereocenters. The fourth-order valence-electron chi connectivity index (χ4n) is 1.70. The average molecular weight is 314 g/mol. The van der Waals surface area contributed by atoms with E-state index >= 15 is 0 Å². The van der Waals surface area contributed by atoms with Crippen molar-refractivity contribution in [3.63, 3.8) is 0 Å². The van der Waals surface area contributed by atoms with Crippen molar-refractivity contribution in [2.24, 2.45) is 5.73 Å². The normalized spacial score (nSPS) is 10.4. The van der Waals surface area contributed by atoms with Crippen LogP contribution >= 0.6 is 11.3 Å². The lowest BCUT2D eigenvalue weighted by atomic mass is 10.2. The number of hydrogen-bond acceptors (Lipinski definition) is 6. The van der Waals surface area contributed by atoms with Crippen LogP contribution in [0.4, 0.5) is 10.7 Å². The topological polar surface area (TPSA) is 111 Å². The lowest BCUT2D eigenvalue weighted by Gasteiger charge is -2.08. The van der Waals surface area contributed by atoms with Crippen LogP contribution < -0.4 is 16.8 Å². The van der Waals surface area contributed by atoms with Crippen LogP contribution in [-0.2, 0) is 4.74 Å². The molecule has 118 valence electrons. The van der Waals surface area contributed by atoms with Crippen LogP contribution in [0.1, 0.15) is 33.4 Å². The van der Waals surface area contributed by atoms with Crippen molar-refractivity contribution in [2.75, 3.05) is 44.9 Å². The summed E-state index contributed by atoms with van der Waals surface area (Å²) in [6.45, 7) is 3.83. The minimum absolute atomic E-state index is 0.138. The molecular weight excluding hydrogens is 292 g/mol. The Bertz CT molecular complexity index is 514. The van der Waals surface area contributed by atoms with Crippen molar-refractivity contribution in [3.8, 4) is 0 Å². The molecule has 21 heavy (non-hydrogen) atoms. The van der Waals surface area contributed by atoms with E-state index in [2.05, 4.69) is 5.32 Å². The number of carbonyl (C=O) groups is 2. The van der Waals surface area contributed by atoms with E-state index in [1.807, 2.05) is 6.92 Å². The second kappa shape index (κ2) is 7.84. The maximum Gasteiger partial charge on any atom is 0.265 e. The Hall–Kier alpha value is -1.80. The quantitative estimate of drug-likeness (QED) is 0.619. The van der Waals surface area contributed by atoms with Crippen LogP contribution in [0.5, 0.6) is 0 Å². The van der Waals surface area contributed by atoms with Gasteiger partial charge in [0.15, 0.2) is 0 Å². The number of nitrogens with zero attached hydrogens (tertiary/aromatic N) is 1. The smallest absolute Gasteiger partial charge is 0.265 e. The largest absolute Gasteiger partial charge is 0.397 e. The number of nitrogens with one attached hydrogen (secondary N) is 1. The van der Waals surface area contributed by atoms with Gasteiger partial charge in [0.05, 0.1) is 11.3 Å². The molecule has 0 saturated carbocycles. The molecular formula is C13H22N4O3S. The van der Waals surface area contributed by atoms with Gasteiger partial charge in [-0.25, -0.2) is 0 Å². The molecule has 5 N–H and O–H groups in total. The van der Waals surface area contributed by atoms with E-state index in [0.717, 1.165) is 17.8 Å². The first-order chi connectivity index (χ1) is 9.90. The van der Waals surface area contributed by atoms with Crippen molar-refractivity contribution in [1.29, 1.82) is 0 Å². The monoisotopic (exact) mass is 314 g/mol.